The van der Waals surface area contributed by atoms with Crippen molar-refractivity contribution in [3.8, 4) is 5.75 Å². The fourth-order valence-electron chi connectivity index (χ4n) is 4.94. The lowest BCUT2D eigenvalue weighted by molar-refractivity contribution is -0.141. The van der Waals surface area contributed by atoms with E-state index in [1.165, 1.54) is 5.56 Å². The second-order valence-corrected chi connectivity index (χ2v) is 9.66. The van der Waals surface area contributed by atoms with E-state index < -0.39 is 17.7 Å². The van der Waals surface area contributed by atoms with Crippen molar-refractivity contribution in [3.05, 3.63) is 70.8 Å². The SMILES string of the molecule is CC(C)Oc1cccc(/C(O)=C2/C(=O)C(=O)N(C3CCCC3)C2c2ccc(C(C)C)cc2)c1. The summed E-state index contributed by atoms with van der Waals surface area (Å²) in [6.45, 7) is 8.12. The molecule has 1 heterocycles. The molecule has 1 aliphatic heterocycles. The smallest absolute Gasteiger partial charge is 0.295 e. The Bertz CT molecular complexity index is 1060. The first kappa shape index (κ1) is 23.1. The Morgan fingerprint density at radius 1 is 1.00 bits per heavy atom. The first-order valence-electron chi connectivity index (χ1n) is 11.9. The van der Waals surface area contributed by atoms with Crippen LogP contribution >= 0.6 is 0 Å². The molecule has 0 bridgehead atoms. The van der Waals surface area contributed by atoms with Crippen LogP contribution in [0.1, 0.15) is 82.0 Å². The molecule has 5 nitrogen and oxygen atoms in total. The number of nitrogens with zero attached hydrogens (tertiary/aromatic N) is 1. The Morgan fingerprint density at radius 3 is 2.27 bits per heavy atom. The zero-order chi connectivity index (χ0) is 23.7. The van der Waals surface area contributed by atoms with E-state index in [4.69, 9.17) is 4.74 Å². The van der Waals surface area contributed by atoms with Gasteiger partial charge in [-0.3, -0.25) is 9.59 Å². The minimum absolute atomic E-state index is 0.0112. The van der Waals surface area contributed by atoms with E-state index in [9.17, 15) is 14.7 Å². The normalized spacial score (nSPS) is 20.9. The number of ketones is 1. The fourth-order valence-corrected chi connectivity index (χ4v) is 4.94. The van der Waals surface area contributed by atoms with Gasteiger partial charge in [-0.15, -0.1) is 0 Å². The third-order valence-corrected chi connectivity index (χ3v) is 6.60. The Morgan fingerprint density at radius 2 is 1.67 bits per heavy atom. The number of hydrogen-bond donors (Lipinski definition) is 1. The van der Waals surface area contributed by atoms with Gasteiger partial charge in [-0.1, -0.05) is 63.1 Å². The molecular weight excluding hydrogens is 414 g/mol. The van der Waals surface area contributed by atoms with Crippen molar-refractivity contribution >= 4 is 17.4 Å². The van der Waals surface area contributed by atoms with Gasteiger partial charge in [0.05, 0.1) is 17.7 Å². The Balaban J connectivity index is 1.83. The van der Waals surface area contributed by atoms with E-state index in [-0.39, 0.29) is 23.5 Å². The van der Waals surface area contributed by atoms with Gasteiger partial charge in [-0.2, -0.15) is 0 Å². The number of amides is 1. The third-order valence-electron chi connectivity index (χ3n) is 6.60. The standard InChI is InChI=1S/C28H33NO4/c1-17(2)19-12-14-20(15-13-19)25-24(27(31)28(32)29(25)22-9-5-6-10-22)26(30)21-8-7-11-23(16-21)33-18(3)4/h7-8,11-18,22,25,30H,5-6,9-10H2,1-4H3/b26-24-. The molecule has 4 rings (SSSR count). The predicted molar refractivity (Wildman–Crippen MR) is 129 cm³/mol. The first-order chi connectivity index (χ1) is 15.8. The molecule has 2 aromatic carbocycles. The summed E-state index contributed by atoms with van der Waals surface area (Å²) in [4.78, 5) is 28.2. The van der Waals surface area contributed by atoms with E-state index in [1.807, 2.05) is 44.2 Å². The van der Waals surface area contributed by atoms with Crippen molar-refractivity contribution in [2.24, 2.45) is 0 Å². The van der Waals surface area contributed by atoms with Crippen LogP contribution in [0.5, 0.6) is 5.75 Å². The number of Topliss-reactive ketones (excluding diaryl/α,β-unsaturated/α-hetero) is 1. The molecule has 1 aliphatic carbocycles. The molecule has 1 amide bonds. The maximum absolute atomic E-state index is 13.3. The lowest BCUT2D eigenvalue weighted by Gasteiger charge is -2.31. The van der Waals surface area contributed by atoms with Crippen LogP contribution in [-0.2, 0) is 9.59 Å². The number of aliphatic hydroxyl groups excluding tert-OH is 1. The summed E-state index contributed by atoms with van der Waals surface area (Å²) in [5.74, 6) is -0.301. The Kier molecular flexibility index (Phi) is 6.59. The van der Waals surface area contributed by atoms with Gasteiger partial charge in [0.1, 0.15) is 11.5 Å². The van der Waals surface area contributed by atoms with Crippen LogP contribution in [0.25, 0.3) is 5.76 Å². The second-order valence-electron chi connectivity index (χ2n) is 9.66. The van der Waals surface area contributed by atoms with Crippen LogP contribution in [0, 0.1) is 0 Å². The molecule has 2 fully saturated rings. The van der Waals surface area contributed by atoms with Gasteiger partial charge in [-0.25, -0.2) is 0 Å². The number of benzene rings is 2. The van der Waals surface area contributed by atoms with Crippen LogP contribution in [0.2, 0.25) is 0 Å². The highest BCUT2D eigenvalue weighted by molar-refractivity contribution is 6.46. The summed E-state index contributed by atoms with van der Waals surface area (Å²) in [5.41, 5.74) is 2.67. The number of ether oxygens (including phenoxy) is 1. The molecule has 0 radical (unpaired) electrons. The molecule has 174 valence electrons. The minimum atomic E-state index is -0.618. The summed E-state index contributed by atoms with van der Waals surface area (Å²) < 4.78 is 5.77. The summed E-state index contributed by atoms with van der Waals surface area (Å²) in [7, 11) is 0. The molecule has 2 aromatic rings. The van der Waals surface area contributed by atoms with Crippen LogP contribution in [-0.4, -0.2) is 33.8 Å². The van der Waals surface area contributed by atoms with Crippen molar-refractivity contribution in [2.45, 2.75) is 77.5 Å². The molecule has 33 heavy (non-hydrogen) atoms. The van der Waals surface area contributed by atoms with Gasteiger partial charge >= 0.3 is 0 Å². The molecular formula is C28H33NO4. The highest BCUT2D eigenvalue weighted by atomic mass is 16.5. The summed E-state index contributed by atoms with van der Waals surface area (Å²) in [5, 5.41) is 11.3. The van der Waals surface area contributed by atoms with E-state index in [0.29, 0.717) is 17.2 Å². The van der Waals surface area contributed by atoms with Gasteiger partial charge in [-0.05, 0) is 55.9 Å². The molecule has 2 aliphatic rings. The molecule has 0 spiro atoms. The van der Waals surface area contributed by atoms with Gasteiger partial charge < -0.3 is 14.7 Å². The maximum Gasteiger partial charge on any atom is 0.295 e. The molecule has 1 atom stereocenters. The number of hydrogen-bond acceptors (Lipinski definition) is 4. The summed E-state index contributed by atoms with van der Waals surface area (Å²) >= 11 is 0. The van der Waals surface area contributed by atoms with Crippen molar-refractivity contribution in [2.75, 3.05) is 0 Å². The summed E-state index contributed by atoms with van der Waals surface area (Å²) in [6, 6.07) is 14.5. The Hall–Kier alpha value is -3.08. The maximum atomic E-state index is 13.3. The molecule has 1 N–H and O–H groups in total. The topological polar surface area (TPSA) is 66.8 Å². The lowest BCUT2D eigenvalue weighted by atomic mass is 9.92. The zero-order valence-electron chi connectivity index (χ0n) is 19.9. The van der Waals surface area contributed by atoms with E-state index in [2.05, 4.69) is 13.8 Å². The number of carbonyl (C=O) groups excluding carboxylic acids is 2. The van der Waals surface area contributed by atoms with Gasteiger partial charge in [0.15, 0.2) is 0 Å². The van der Waals surface area contributed by atoms with Crippen LogP contribution in [0.3, 0.4) is 0 Å². The number of carbonyl (C=O) groups is 2. The van der Waals surface area contributed by atoms with Crippen LogP contribution < -0.4 is 4.74 Å². The minimum Gasteiger partial charge on any atom is -0.507 e. The highest BCUT2D eigenvalue weighted by Crippen LogP contribution is 2.43. The number of aliphatic hydroxyl groups is 1. The zero-order valence-corrected chi connectivity index (χ0v) is 19.9. The number of likely N-dealkylation sites (tertiary alicyclic amines) is 1. The van der Waals surface area contributed by atoms with Crippen molar-refractivity contribution in [1.82, 2.24) is 4.90 Å². The van der Waals surface area contributed by atoms with E-state index in [1.54, 1.807) is 23.1 Å². The average molecular weight is 448 g/mol. The largest absolute Gasteiger partial charge is 0.507 e. The molecule has 5 heteroatoms. The molecule has 1 saturated heterocycles. The van der Waals surface area contributed by atoms with Crippen molar-refractivity contribution in [3.63, 3.8) is 0 Å². The van der Waals surface area contributed by atoms with Crippen LogP contribution in [0.15, 0.2) is 54.1 Å². The van der Waals surface area contributed by atoms with Crippen LogP contribution in [0.4, 0.5) is 0 Å². The Labute approximate surface area is 196 Å². The van der Waals surface area contributed by atoms with Crippen molar-refractivity contribution < 1.29 is 19.4 Å². The number of rotatable bonds is 6. The highest BCUT2D eigenvalue weighted by Gasteiger charge is 2.49. The second kappa shape index (κ2) is 9.42. The predicted octanol–water partition coefficient (Wildman–Crippen LogP) is 5.96. The van der Waals surface area contributed by atoms with E-state index >= 15 is 0 Å². The van der Waals surface area contributed by atoms with E-state index in [0.717, 1.165) is 31.2 Å². The lowest BCUT2D eigenvalue weighted by Crippen LogP contribution is -2.37. The first-order valence-corrected chi connectivity index (χ1v) is 11.9. The summed E-state index contributed by atoms with van der Waals surface area (Å²) in [6.07, 6.45) is 3.83. The molecule has 1 unspecified atom stereocenters. The third kappa shape index (κ3) is 4.54. The average Bonchev–Trinajstić information content (AvgIpc) is 3.40. The molecule has 0 aromatic heterocycles. The molecule has 1 saturated carbocycles. The quantitative estimate of drug-likeness (QED) is 0.337. The van der Waals surface area contributed by atoms with Gasteiger partial charge in [0.25, 0.3) is 11.7 Å². The van der Waals surface area contributed by atoms with Gasteiger partial charge in [0, 0.05) is 11.6 Å². The monoisotopic (exact) mass is 447 g/mol. The van der Waals surface area contributed by atoms with Gasteiger partial charge in [0.2, 0.25) is 0 Å². The fraction of sp³-hybridized carbons (Fsp3) is 0.429. The van der Waals surface area contributed by atoms with Crippen molar-refractivity contribution in [1.29, 1.82) is 0 Å².